The summed E-state index contributed by atoms with van der Waals surface area (Å²) in [5, 5.41) is 0. The van der Waals surface area contributed by atoms with E-state index in [4.69, 9.17) is 9.47 Å². The van der Waals surface area contributed by atoms with Crippen LogP contribution in [0.1, 0.15) is 27.0 Å². The molecule has 0 atom stereocenters. The predicted molar refractivity (Wildman–Crippen MR) is 109 cm³/mol. The van der Waals surface area contributed by atoms with Gasteiger partial charge in [0.15, 0.2) is 5.76 Å². The Morgan fingerprint density at radius 2 is 1.89 bits per heavy atom. The van der Waals surface area contributed by atoms with Crippen molar-refractivity contribution in [2.24, 2.45) is 0 Å². The van der Waals surface area contributed by atoms with Gasteiger partial charge in [0.2, 0.25) is 5.78 Å². The third-order valence-corrected chi connectivity index (χ3v) is 4.93. The maximum atomic E-state index is 13.3. The molecule has 0 aromatic heterocycles. The van der Waals surface area contributed by atoms with Crippen LogP contribution in [0.2, 0.25) is 0 Å². The van der Waals surface area contributed by atoms with Crippen LogP contribution < -0.4 is 9.47 Å². The molecule has 1 aliphatic rings. The lowest BCUT2D eigenvalue weighted by Crippen LogP contribution is -2.00. The third kappa shape index (κ3) is 3.85. The minimum absolute atomic E-state index is 0.146. The van der Waals surface area contributed by atoms with Gasteiger partial charge in [-0.15, -0.1) is 0 Å². The Morgan fingerprint density at radius 3 is 2.64 bits per heavy atom. The van der Waals surface area contributed by atoms with Gasteiger partial charge < -0.3 is 9.47 Å². The molecule has 3 aromatic rings. The molecule has 1 aliphatic heterocycles. The smallest absolute Gasteiger partial charge is 0.232 e. The lowest BCUT2D eigenvalue weighted by molar-refractivity contribution is 0.101. The van der Waals surface area contributed by atoms with E-state index in [1.807, 2.05) is 31.2 Å². The van der Waals surface area contributed by atoms with Gasteiger partial charge in [0.05, 0.1) is 5.56 Å². The van der Waals surface area contributed by atoms with Gasteiger partial charge >= 0.3 is 0 Å². The maximum absolute atomic E-state index is 13.3. The lowest BCUT2D eigenvalue weighted by Gasteiger charge is -2.09. The van der Waals surface area contributed by atoms with Crippen LogP contribution in [-0.4, -0.2) is 5.78 Å². The SMILES string of the molecule is Cc1cc(OCc2cccc(F)c2)cc2c1C(=O)/C(=C/c1ccc(Br)cc1)O2. The summed E-state index contributed by atoms with van der Waals surface area (Å²) >= 11 is 3.39. The summed E-state index contributed by atoms with van der Waals surface area (Å²) in [7, 11) is 0. The summed E-state index contributed by atoms with van der Waals surface area (Å²) in [4.78, 5) is 12.7. The fourth-order valence-electron chi connectivity index (χ4n) is 3.06. The van der Waals surface area contributed by atoms with E-state index in [0.717, 1.165) is 21.2 Å². The number of rotatable bonds is 4. The third-order valence-electron chi connectivity index (χ3n) is 4.41. The average molecular weight is 439 g/mol. The summed E-state index contributed by atoms with van der Waals surface area (Å²) < 4.78 is 25.8. The molecule has 0 spiro atoms. The van der Waals surface area contributed by atoms with Crippen LogP contribution in [0.25, 0.3) is 6.08 Å². The van der Waals surface area contributed by atoms with Crippen LogP contribution in [0.15, 0.2) is 70.9 Å². The first-order chi connectivity index (χ1) is 13.5. The Kier molecular flexibility index (Phi) is 5.01. The fourth-order valence-corrected chi connectivity index (χ4v) is 3.33. The van der Waals surface area contributed by atoms with Crippen LogP contribution in [0, 0.1) is 12.7 Å². The van der Waals surface area contributed by atoms with Crippen molar-refractivity contribution in [1.29, 1.82) is 0 Å². The fraction of sp³-hybridized carbons (Fsp3) is 0.0870. The topological polar surface area (TPSA) is 35.5 Å². The molecule has 1 heterocycles. The molecule has 0 N–H and O–H groups in total. The van der Waals surface area contributed by atoms with Crippen LogP contribution in [0.4, 0.5) is 4.39 Å². The second-order valence-corrected chi connectivity index (χ2v) is 7.44. The second-order valence-electron chi connectivity index (χ2n) is 6.52. The first-order valence-corrected chi connectivity index (χ1v) is 9.50. The number of carbonyl (C=O) groups excluding carboxylic acids is 1. The number of hydrogen-bond donors (Lipinski definition) is 0. The maximum Gasteiger partial charge on any atom is 0.232 e. The molecular weight excluding hydrogens is 423 g/mol. The van der Waals surface area contributed by atoms with Gasteiger partial charge in [-0.2, -0.15) is 0 Å². The first kappa shape index (κ1) is 18.4. The van der Waals surface area contributed by atoms with Gasteiger partial charge in [-0.25, -0.2) is 4.39 Å². The van der Waals surface area contributed by atoms with Crippen molar-refractivity contribution in [3.8, 4) is 11.5 Å². The standard InChI is InChI=1S/C23H16BrFO3/c1-14-9-19(27-13-16-3-2-4-18(25)10-16)12-20-22(14)23(26)21(28-20)11-15-5-7-17(24)8-6-15/h2-12H,13H2,1H3/b21-11-. The van der Waals surface area contributed by atoms with E-state index in [9.17, 15) is 9.18 Å². The number of hydrogen-bond acceptors (Lipinski definition) is 3. The Hall–Kier alpha value is -2.92. The summed E-state index contributed by atoms with van der Waals surface area (Å²) in [6, 6.07) is 17.4. The summed E-state index contributed by atoms with van der Waals surface area (Å²) in [5.41, 5.74) is 2.92. The number of ether oxygens (including phenoxy) is 2. The molecule has 0 radical (unpaired) electrons. The lowest BCUT2D eigenvalue weighted by atomic mass is 10.0. The van der Waals surface area contributed by atoms with E-state index in [-0.39, 0.29) is 24.0 Å². The Balaban J connectivity index is 1.56. The van der Waals surface area contributed by atoms with E-state index in [2.05, 4.69) is 15.9 Å². The molecule has 0 bridgehead atoms. The Labute approximate surface area is 170 Å². The summed E-state index contributed by atoms with van der Waals surface area (Å²) in [5.74, 6) is 0.874. The number of halogens is 2. The van der Waals surface area contributed by atoms with Crippen LogP contribution in [0.3, 0.4) is 0 Å². The monoisotopic (exact) mass is 438 g/mol. The molecule has 0 aliphatic carbocycles. The number of ketones is 1. The normalized spacial score (nSPS) is 14.1. The van der Waals surface area contributed by atoms with Crippen molar-refractivity contribution in [3.63, 3.8) is 0 Å². The van der Waals surface area contributed by atoms with Crippen molar-refractivity contribution < 1.29 is 18.7 Å². The summed E-state index contributed by atoms with van der Waals surface area (Å²) in [6.45, 7) is 2.07. The van der Waals surface area contributed by atoms with Gasteiger partial charge in [0.1, 0.15) is 23.9 Å². The van der Waals surface area contributed by atoms with Gasteiger partial charge in [-0.3, -0.25) is 4.79 Å². The van der Waals surface area contributed by atoms with Gasteiger partial charge in [0, 0.05) is 10.5 Å². The number of allylic oxidation sites excluding steroid dienone is 1. The molecule has 140 valence electrons. The van der Waals surface area contributed by atoms with Gasteiger partial charge in [-0.1, -0.05) is 40.2 Å². The molecule has 3 nitrogen and oxygen atoms in total. The van der Waals surface area contributed by atoms with E-state index in [1.54, 1.807) is 30.3 Å². The zero-order chi connectivity index (χ0) is 19.7. The molecule has 0 saturated heterocycles. The quantitative estimate of drug-likeness (QED) is 0.462. The van der Waals surface area contributed by atoms with Crippen molar-refractivity contribution in [2.75, 3.05) is 0 Å². The summed E-state index contributed by atoms with van der Waals surface area (Å²) in [6.07, 6.45) is 1.72. The second kappa shape index (κ2) is 7.60. The van der Waals surface area contributed by atoms with Gasteiger partial charge in [-0.05, 0) is 60.0 Å². The highest BCUT2D eigenvalue weighted by atomic mass is 79.9. The molecule has 4 rings (SSSR count). The zero-order valence-corrected chi connectivity index (χ0v) is 16.6. The molecule has 0 fully saturated rings. The van der Waals surface area contributed by atoms with Crippen molar-refractivity contribution in [1.82, 2.24) is 0 Å². The van der Waals surface area contributed by atoms with E-state index in [0.29, 0.717) is 17.1 Å². The van der Waals surface area contributed by atoms with Crippen molar-refractivity contribution in [3.05, 3.63) is 99.0 Å². The van der Waals surface area contributed by atoms with E-state index in [1.165, 1.54) is 12.1 Å². The van der Waals surface area contributed by atoms with Crippen molar-refractivity contribution >= 4 is 27.8 Å². The van der Waals surface area contributed by atoms with E-state index >= 15 is 0 Å². The highest BCUT2D eigenvalue weighted by molar-refractivity contribution is 9.10. The van der Waals surface area contributed by atoms with Gasteiger partial charge in [0.25, 0.3) is 0 Å². The Bertz CT molecular complexity index is 1090. The minimum atomic E-state index is -0.303. The van der Waals surface area contributed by atoms with Crippen LogP contribution >= 0.6 is 15.9 Å². The number of aryl methyl sites for hydroxylation is 1. The zero-order valence-electron chi connectivity index (χ0n) is 15.0. The predicted octanol–water partition coefficient (Wildman–Crippen LogP) is 6.09. The molecule has 0 saturated carbocycles. The molecular formula is C23H16BrFO3. The van der Waals surface area contributed by atoms with Crippen LogP contribution in [-0.2, 0) is 6.61 Å². The highest BCUT2D eigenvalue weighted by Crippen LogP contribution is 2.37. The molecule has 0 amide bonds. The number of Topliss-reactive ketones (excluding diaryl/α,β-unsaturated/α-hetero) is 1. The van der Waals surface area contributed by atoms with E-state index < -0.39 is 0 Å². The number of fused-ring (bicyclic) bond motifs is 1. The number of benzene rings is 3. The Morgan fingerprint density at radius 1 is 1.11 bits per heavy atom. The van der Waals surface area contributed by atoms with Crippen molar-refractivity contribution in [2.45, 2.75) is 13.5 Å². The van der Waals surface area contributed by atoms with Crippen LogP contribution in [0.5, 0.6) is 11.5 Å². The highest BCUT2D eigenvalue weighted by Gasteiger charge is 2.30. The largest absolute Gasteiger partial charge is 0.489 e. The average Bonchev–Trinajstić information content (AvgIpc) is 2.98. The molecule has 3 aromatic carbocycles. The minimum Gasteiger partial charge on any atom is -0.489 e. The molecule has 5 heteroatoms. The molecule has 0 unspecified atom stereocenters. The number of carbonyl (C=O) groups is 1. The molecule has 28 heavy (non-hydrogen) atoms. The first-order valence-electron chi connectivity index (χ1n) is 8.71.